The summed E-state index contributed by atoms with van der Waals surface area (Å²) in [6, 6.07) is 7.72. The van der Waals surface area contributed by atoms with E-state index in [-0.39, 0.29) is 0 Å². The predicted octanol–water partition coefficient (Wildman–Crippen LogP) is 1.99. The van der Waals surface area contributed by atoms with Crippen molar-refractivity contribution < 1.29 is 9.47 Å². The number of hydrogen-bond acceptors (Lipinski definition) is 3. The average Bonchev–Trinajstić information content (AvgIpc) is 2.38. The van der Waals surface area contributed by atoms with Crippen molar-refractivity contribution in [3.63, 3.8) is 0 Å². The highest BCUT2D eigenvalue weighted by atomic mass is 16.5. The standard InChI is InChI=1S/C13H17NO2/c1-15-12-6-2-3-7-13(12)16-10-11-5-4-8-14-9-11/h2-3,5-7,14H,4,8-10H2,1H3. The van der Waals surface area contributed by atoms with Gasteiger partial charge in [0, 0.05) is 6.54 Å². The number of methoxy groups -OCH3 is 1. The van der Waals surface area contributed by atoms with E-state index >= 15 is 0 Å². The first kappa shape index (κ1) is 11.0. The van der Waals surface area contributed by atoms with Gasteiger partial charge in [0.1, 0.15) is 6.61 Å². The van der Waals surface area contributed by atoms with Crippen molar-refractivity contribution >= 4 is 0 Å². The topological polar surface area (TPSA) is 30.5 Å². The molecular formula is C13H17NO2. The quantitative estimate of drug-likeness (QED) is 0.786. The summed E-state index contributed by atoms with van der Waals surface area (Å²) in [5, 5.41) is 3.32. The van der Waals surface area contributed by atoms with Crippen LogP contribution in [0.3, 0.4) is 0 Å². The molecule has 1 aliphatic heterocycles. The van der Waals surface area contributed by atoms with Gasteiger partial charge in [-0.3, -0.25) is 0 Å². The largest absolute Gasteiger partial charge is 0.493 e. The molecular weight excluding hydrogens is 202 g/mol. The minimum Gasteiger partial charge on any atom is -0.493 e. The van der Waals surface area contributed by atoms with Crippen molar-refractivity contribution in [2.24, 2.45) is 0 Å². The lowest BCUT2D eigenvalue weighted by molar-refractivity contribution is 0.315. The van der Waals surface area contributed by atoms with Crippen LogP contribution in [0.1, 0.15) is 6.42 Å². The van der Waals surface area contributed by atoms with Gasteiger partial charge in [-0.25, -0.2) is 0 Å². The fourth-order valence-corrected chi connectivity index (χ4v) is 1.72. The molecule has 16 heavy (non-hydrogen) atoms. The Balaban J connectivity index is 1.96. The number of rotatable bonds is 4. The minimum absolute atomic E-state index is 0.632. The predicted molar refractivity (Wildman–Crippen MR) is 64.1 cm³/mol. The molecule has 0 bridgehead atoms. The number of benzene rings is 1. The second-order valence-electron chi connectivity index (χ2n) is 3.77. The highest BCUT2D eigenvalue weighted by Crippen LogP contribution is 2.26. The third kappa shape index (κ3) is 2.76. The summed E-state index contributed by atoms with van der Waals surface area (Å²) in [7, 11) is 1.66. The van der Waals surface area contributed by atoms with Gasteiger partial charge in [0.2, 0.25) is 0 Å². The normalized spacial score (nSPS) is 15.4. The van der Waals surface area contributed by atoms with Gasteiger partial charge in [0.25, 0.3) is 0 Å². The first-order valence-corrected chi connectivity index (χ1v) is 5.54. The molecule has 86 valence electrons. The zero-order valence-electron chi connectivity index (χ0n) is 9.53. The van der Waals surface area contributed by atoms with Gasteiger partial charge in [-0.1, -0.05) is 18.2 Å². The lowest BCUT2D eigenvalue weighted by atomic mass is 10.2. The van der Waals surface area contributed by atoms with E-state index in [9.17, 15) is 0 Å². The average molecular weight is 219 g/mol. The summed E-state index contributed by atoms with van der Waals surface area (Å²) in [5.41, 5.74) is 1.30. The van der Waals surface area contributed by atoms with E-state index in [1.54, 1.807) is 7.11 Å². The van der Waals surface area contributed by atoms with Crippen molar-refractivity contribution in [3.8, 4) is 11.5 Å². The molecule has 0 aromatic heterocycles. The van der Waals surface area contributed by atoms with Gasteiger partial charge in [-0.2, -0.15) is 0 Å². The summed E-state index contributed by atoms with van der Waals surface area (Å²) in [6.07, 6.45) is 3.33. The second-order valence-corrected chi connectivity index (χ2v) is 3.77. The van der Waals surface area contributed by atoms with Crippen LogP contribution < -0.4 is 14.8 Å². The molecule has 1 heterocycles. The molecule has 1 aromatic rings. The third-order valence-electron chi connectivity index (χ3n) is 2.59. The molecule has 2 rings (SSSR count). The molecule has 1 aromatic carbocycles. The summed E-state index contributed by atoms with van der Waals surface area (Å²) < 4.78 is 11.0. The molecule has 0 spiro atoms. The van der Waals surface area contributed by atoms with E-state index in [0.29, 0.717) is 6.61 Å². The lowest BCUT2D eigenvalue weighted by Crippen LogP contribution is -2.24. The van der Waals surface area contributed by atoms with Crippen molar-refractivity contribution in [2.75, 3.05) is 26.8 Å². The Kier molecular flexibility index (Phi) is 3.83. The molecule has 0 aliphatic carbocycles. The molecule has 0 radical (unpaired) electrons. The fourth-order valence-electron chi connectivity index (χ4n) is 1.72. The van der Waals surface area contributed by atoms with Crippen LogP contribution in [0.15, 0.2) is 35.9 Å². The van der Waals surface area contributed by atoms with E-state index in [2.05, 4.69) is 11.4 Å². The Hall–Kier alpha value is -1.48. The van der Waals surface area contributed by atoms with Gasteiger partial charge in [-0.15, -0.1) is 0 Å². The van der Waals surface area contributed by atoms with Crippen LogP contribution in [0.25, 0.3) is 0 Å². The molecule has 0 saturated heterocycles. The van der Waals surface area contributed by atoms with Gasteiger partial charge in [0.15, 0.2) is 11.5 Å². The van der Waals surface area contributed by atoms with Crippen molar-refractivity contribution in [1.29, 1.82) is 0 Å². The van der Waals surface area contributed by atoms with Crippen LogP contribution in [-0.2, 0) is 0 Å². The van der Waals surface area contributed by atoms with Gasteiger partial charge in [-0.05, 0) is 30.7 Å². The van der Waals surface area contributed by atoms with E-state index in [4.69, 9.17) is 9.47 Å². The molecule has 0 amide bonds. The van der Waals surface area contributed by atoms with Gasteiger partial charge in [0.05, 0.1) is 7.11 Å². The van der Waals surface area contributed by atoms with Crippen molar-refractivity contribution in [1.82, 2.24) is 5.32 Å². The maximum atomic E-state index is 5.73. The maximum absolute atomic E-state index is 5.73. The van der Waals surface area contributed by atoms with E-state index in [1.807, 2.05) is 24.3 Å². The summed E-state index contributed by atoms with van der Waals surface area (Å²) in [6.45, 7) is 2.63. The molecule has 3 heteroatoms. The van der Waals surface area contributed by atoms with Crippen LogP contribution in [0, 0.1) is 0 Å². The maximum Gasteiger partial charge on any atom is 0.161 e. The van der Waals surface area contributed by atoms with Crippen LogP contribution in [0.2, 0.25) is 0 Å². The number of nitrogens with one attached hydrogen (secondary N) is 1. The van der Waals surface area contributed by atoms with Crippen LogP contribution >= 0.6 is 0 Å². The van der Waals surface area contributed by atoms with E-state index in [1.165, 1.54) is 5.57 Å². The summed E-state index contributed by atoms with van der Waals surface area (Å²) in [4.78, 5) is 0. The Morgan fingerprint density at radius 2 is 2.06 bits per heavy atom. The highest BCUT2D eigenvalue weighted by molar-refractivity contribution is 5.39. The molecule has 0 atom stereocenters. The smallest absolute Gasteiger partial charge is 0.161 e. The van der Waals surface area contributed by atoms with Crippen LogP contribution in [0.5, 0.6) is 11.5 Å². The number of para-hydroxylation sites is 2. The first-order valence-electron chi connectivity index (χ1n) is 5.54. The summed E-state index contributed by atoms with van der Waals surface area (Å²) >= 11 is 0. The minimum atomic E-state index is 0.632. The zero-order chi connectivity index (χ0) is 11.2. The van der Waals surface area contributed by atoms with Crippen LogP contribution in [0.4, 0.5) is 0 Å². The Morgan fingerprint density at radius 3 is 2.75 bits per heavy atom. The SMILES string of the molecule is COc1ccccc1OCC1=CCCNC1. The monoisotopic (exact) mass is 219 g/mol. The Bertz CT molecular complexity index is 374. The third-order valence-corrected chi connectivity index (χ3v) is 2.59. The van der Waals surface area contributed by atoms with Gasteiger partial charge >= 0.3 is 0 Å². The Labute approximate surface area is 96.1 Å². The fraction of sp³-hybridized carbons (Fsp3) is 0.385. The molecule has 0 fully saturated rings. The van der Waals surface area contributed by atoms with E-state index < -0.39 is 0 Å². The number of hydrogen-bond donors (Lipinski definition) is 1. The molecule has 0 unspecified atom stereocenters. The highest BCUT2D eigenvalue weighted by Gasteiger charge is 2.06. The van der Waals surface area contributed by atoms with Crippen molar-refractivity contribution in [2.45, 2.75) is 6.42 Å². The van der Waals surface area contributed by atoms with Gasteiger partial charge < -0.3 is 14.8 Å². The van der Waals surface area contributed by atoms with E-state index in [0.717, 1.165) is 31.0 Å². The molecule has 1 aliphatic rings. The Morgan fingerprint density at radius 1 is 1.25 bits per heavy atom. The molecule has 1 N–H and O–H groups in total. The first-order chi connectivity index (χ1) is 7.90. The molecule has 3 nitrogen and oxygen atoms in total. The summed E-state index contributed by atoms with van der Waals surface area (Å²) in [5.74, 6) is 1.59. The molecule has 0 saturated carbocycles. The van der Waals surface area contributed by atoms with Crippen molar-refractivity contribution in [3.05, 3.63) is 35.9 Å². The zero-order valence-corrected chi connectivity index (χ0v) is 9.53. The number of ether oxygens (including phenoxy) is 2. The second kappa shape index (κ2) is 5.56. The lowest BCUT2D eigenvalue weighted by Gasteiger charge is -2.16. The van der Waals surface area contributed by atoms with Crippen LogP contribution in [-0.4, -0.2) is 26.8 Å².